The number of rotatable bonds is 5. The van der Waals surface area contributed by atoms with Gasteiger partial charge in [0.2, 0.25) is 0 Å². The molecule has 0 unspecified atom stereocenters. The molecule has 0 saturated carbocycles. The number of aromatic nitrogens is 5. The van der Waals surface area contributed by atoms with Crippen LogP contribution in [0.2, 0.25) is 0 Å². The van der Waals surface area contributed by atoms with Crippen molar-refractivity contribution in [2.24, 2.45) is 0 Å². The summed E-state index contributed by atoms with van der Waals surface area (Å²) >= 11 is 0. The number of benzene rings is 1. The fourth-order valence-corrected chi connectivity index (χ4v) is 4.52. The van der Waals surface area contributed by atoms with Crippen molar-refractivity contribution in [1.29, 1.82) is 0 Å². The third-order valence-corrected chi connectivity index (χ3v) is 6.57. The SMILES string of the molecule is CCn1ncc(-c2ccnc3cc(C(=O)N4CCN(Cc5ccccc5C)CC4)nn23)c1C. The van der Waals surface area contributed by atoms with Gasteiger partial charge >= 0.3 is 0 Å². The number of hydrogen-bond donors (Lipinski definition) is 0. The minimum Gasteiger partial charge on any atom is -0.335 e. The molecule has 1 aliphatic rings. The number of carbonyl (C=O) groups is 1. The number of nitrogens with zero attached hydrogens (tertiary/aromatic N) is 7. The molecule has 0 atom stereocenters. The van der Waals surface area contributed by atoms with E-state index in [1.165, 1.54) is 11.1 Å². The van der Waals surface area contributed by atoms with Crippen molar-refractivity contribution >= 4 is 11.6 Å². The molecular weight excluding hydrogens is 414 g/mol. The lowest BCUT2D eigenvalue weighted by atomic mass is 10.1. The lowest BCUT2D eigenvalue weighted by Crippen LogP contribution is -2.48. The molecule has 4 aromatic rings. The number of aryl methyl sites for hydroxylation is 2. The van der Waals surface area contributed by atoms with Gasteiger partial charge < -0.3 is 4.90 Å². The van der Waals surface area contributed by atoms with Gasteiger partial charge in [0.05, 0.1) is 11.9 Å². The highest BCUT2D eigenvalue weighted by Crippen LogP contribution is 2.24. The summed E-state index contributed by atoms with van der Waals surface area (Å²) in [5, 5.41) is 9.10. The third kappa shape index (κ3) is 4.02. The first kappa shape index (κ1) is 21.3. The highest BCUT2D eigenvalue weighted by molar-refractivity contribution is 5.93. The van der Waals surface area contributed by atoms with Crippen molar-refractivity contribution in [3.8, 4) is 11.3 Å². The van der Waals surface area contributed by atoms with Gasteiger partial charge in [-0.05, 0) is 38.0 Å². The van der Waals surface area contributed by atoms with Crippen molar-refractivity contribution in [3.63, 3.8) is 0 Å². The van der Waals surface area contributed by atoms with Crippen LogP contribution in [0.25, 0.3) is 16.9 Å². The van der Waals surface area contributed by atoms with Gasteiger partial charge in [-0.15, -0.1) is 0 Å². The Kier molecular flexibility index (Phi) is 5.68. The number of piperazine rings is 1. The molecule has 170 valence electrons. The van der Waals surface area contributed by atoms with Gasteiger partial charge in [-0.1, -0.05) is 24.3 Å². The van der Waals surface area contributed by atoms with Gasteiger partial charge in [0.25, 0.3) is 5.91 Å². The monoisotopic (exact) mass is 443 g/mol. The lowest BCUT2D eigenvalue weighted by molar-refractivity contribution is 0.0622. The minimum absolute atomic E-state index is 0.0389. The van der Waals surface area contributed by atoms with E-state index in [-0.39, 0.29) is 5.91 Å². The fourth-order valence-electron chi connectivity index (χ4n) is 4.52. The summed E-state index contributed by atoms with van der Waals surface area (Å²) in [7, 11) is 0. The molecule has 0 aliphatic carbocycles. The highest BCUT2D eigenvalue weighted by Gasteiger charge is 2.25. The summed E-state index contributed by atoms with van der Waals surface area (Å²) in [5.41, 5.74) is 6.70. The zero-order chi connectivity index (χ0) is 22.9. The zero-order valence-electron chi connectivity index (χ0n) is 19.4. The molecule has 1 aromatic carbocycles. The average Bonchev–Trinajstić information content (AvgIpc) is 3.44. The molecule has 0 N–H and O–H groups in total. The molecule has 0 radical (unpaired) electrons. The zero-order valence-corrected chi connectivity index (χ0v) is 19.4. The van der Waals surface area contributed by atoms with Gasteiger partial charge in [-0.25, -0.2) is 9.50 Å². The van der Waals surface area contributed by atoms with E-state index in [1.807, 2.05) is 28.8 Å². The third-order valence-electron chi connectivity index (χ3n) is 6.57. The smallest absolute Gasteiger partial charge is 0.274 e. The van der Waals surface area contributed by atoms with Crippen LogP contribution in [0.5, 0.6) is 0 Å². The number of fused-ring (bicyclic) bond motifs is 1. The molecule has 3 aromatic heterocycles. The largest absolute Gasteiger partial charge is 0.335 e. The van der Waals surface area contributed by atoms with E-state index in [9.17, 15) is 4.79 Å². The van der Waals surface area contributed by atoms with Crippen LogP contribution in [-0.2, 0) is 13.1 Å². The van der Waals surface area contributed by atoms with Crippen molar-refractivity contribution in [1.82, 2.24) is 34.2 Å². The Morgan fingerprint density at radius 2 is 1.85 bits per heavy atom. The van der Waals surface area contributed by atoms with Gasteiger partial charge in [-0.2, -0.15) is 10.2 Å². The van der Waals surface area contributed by atoms with Gasteiger partial charge in [0.1, 0.15) is 0 Å². The van der Waals surface area contributed by atoms with E-state index in [4.69, 9.17) is 0 Å². The summed E-state index contributed by atoms with van der Waals surface area (Å²) in [4.78, 5) is 22.0. The van der Waals surface area contributed by atoms with Crippen molar-refractivity contribution in [2.45, 2.75) is 33.9 Å². The molecule has 1 amide bonds. The Morgan fingerprint density at radius 3 is 2.58 bits per heavy atom. The second-order valence-electron chi connectivity index (χ2n) is 8.58. The second kappa shape index (κ2) is 8.78. The lowest BCUT2D eigenvalue weighted by Gasteiger charge is -2.34. The van der Waals surface area contributed by atoms with Crippen LogP contribution in [0.3, 0.4) is 0 Å². The van der Waals surface area contributed by atoms with E-state index in [2.05, 4.69) is 58.2 Å². The summed E-state index contributed by atoms with van der Waals surface area (Å²) < 4.78 is 3.71. The number of hydrogen-bond acceptors (Lipinski definition) is 5. The van der Waals surface area contributed by atoms with Crippen molar-refractivity contribution in [3.05, 3.63) is 71.3 Å². The normalized spacial score (nSPS) is 14.8. The first-order chi connectivity index (χ1) is 16.0. The molecule has 8 heteroatoms. The molecule has 1 fully saturated rings. The fraction of sp³-hybridized carbons (Fsp3) is 0.360. The van der Waals surface area contributed by atoms with Crippen LogP contribution in [-0.4, -0.2) is 66.3 Å². The first-order valence-corrected chi connectivity index (χ1v) is 11.5. The number of carbonyl (C=O) groups excluding carboxylic acids is 1. The first-order valence-electron chi connectivity index (χ1n) is 11.5. The predicted molar refractivity (Wildman–Crippen MR) is 127 cm³/mol. The molecule has 0 spiro atoms. The molecule has 0 bridgehead atoms. The van der Waals surface area contributed by atoms with Crippen LogP contribution in [0.1, 0.15) is 34.2 Å². The Labute approximate surface area is 193 Å². The Hall–Kier alpha value is -3.52. The predicted octanol–water partition coefficient (Wildman–Crippen LogP) is 3.19. The van der Waals surface area contributed by atoms with E-state index in [1.54, 1.807) is 16.8 Å². The van der Waals surface area contributed by atoms with Gasteiger partial charge in [0, 0.05) is 62.8 Å². The molecular formula is C25H29N7O. The maximum atomic E-state index is 13.2. The van der Waals surface area contributed by atoms with Crippen LogP contribution >= 0.6 is 0 Å². The molecule has 1 aliphatic heterocycles. The topological polar surface area (TPSA) is 71.6 Å². The standard InChI is InChI=1S/C25H29N7O/c1-4-31-19(3)21(16-27-31)23-9-10-26-24-15-22(28-32(23)24)25(33)30-13-11-29(12-14-30)17-20-8-6-5-7-18(20)2/h5-10,15-16H,4,11-14,17H2,1-3H3. The summed E-state index contributed by atoms with van der Waals surface area (Å²) in [5.74, 6) is -0.0389. The molecule has 8 nitrogen and oxygen atoms in total. The maximum absolute atomic E-state index is 13.2. The van der Waals surface area contributed by atoms with Gasteiger partial charge in [-0.3, -0.25) is 14.4 Å². The molecule has 4 heterocycles. The van der Waals surface area contributed by atoms with Crippen molar-refractivity contribution < 1.29 is 4.79 Å². The van der Waals surface area contributed by atoms with E-state index >= 15 is 0 Å². The Balaban J connectivity index is 1.32. The van der Waals surface area contributed by atoms with E-state index in [0.717, 1.165) is 43.1 Å². The summed E-state index contributed by atoms with van der Waals surface area (Å²) in [6.07, 6.45) is 3.61. The Bertz CT molecular complexity index is 1300. The van der Waals surface area contributed by atoms with Crippen LogP contribution in [0.15, 0.2) is 48.8 Å². The quantitative estimate of drug-likeness (QED) is 0.474. The van der Waals surface area contributed by atoms with Crippen LogP contribution in [0.4, 0.5) is 0 Å². The highest BCUT2D eigenvalue weighted by atomic mass is 16.2. The van der Waals surface area contributed by atoms with Crippen LogP contribution < -0.4 is 0 Å². The summed E-state index contributed by atoms with van der Waals surface area (Å²) in [6.45, 7) is 11.1. The number of amides is 1. The van der Waals surface area contributed by atoms with E-state index in [0.29, 0.717) is 24.4 Å². The molecule has 5 rings (SSSR count). The minimum atomic E-state index is -0.0389. The van der Waals surface area contributed by atoms with Gasteiger partial charge in [0.15, 0.2) is 11.3 Å². The van der Waals surface area contributed by atoms with E-state index < -0.39 is 0 Å². The molecule has 1 saturated heterocycles. The maximum Gasteiger partial charge on any atom is 0.274 e. The molecule has 33 heavy (non-hydrogen) atoms. The Morgan fingerprint density at radius 1 is 1.06 bits per heavy atom. The van der Waals surface area contributed by atoms with Crippen molar-refractivity contribution in [2.75, 3.05) is 26.2 Å². The van der Waals surface area contributed by atoms with Crippen LogP contribution in [0, 0.1) is 13.8 Å². The average molecular weight is 444 g/mol. The summed E-state index contributed by atoms with van der Waals surface area (Å²) in [6, 6.07) is 12.2. The second-order valence-corrected chi connectivity index (χ2v) is 8.58.